The highest BCUT2D eigenvalue weighted by atomic mass is 16.1. The van der Waals surface area contributed by atoms with Crippen LogP contribution < -0.4 is 0 Å². The summed E-state index contributed by atoms with van der Waals surface area (Å²) in [5, 5.41) is 0. The van der Waals surface area contributed by atoms with Crippen molar-refractivity contribution < 1.29 is 4.79 Å². The highest BCUT2D eigenvalue weighted by Crippen LogP contribution is 2.24. The monoisotopic (exact) mass is 164 g/mol. The zero-order chi connectivity index (χ0) is 8.97. The number of Topliss-reactive ketones (excluding diaryl/α,β-unsaturated/α-hetero) is 1. The van der Waals surface area contributed by atoms with E-state index < -0.39 is 0 Å². The van der Waals surface area contributed by atoms with Crippen LogP contribution in [0, 0.1) is 5.92 Å². The van der Waals surface area contributed by atoms with Crippen LogP contribution in [0.2, 0.25) is 0 Å². The summed E-state index contributed by atoms with van der Waals surface area (Å²) in [6, 6.07) is 0. The van der Waals surface area contributed by atoms with Crippen LogP contribution in [0.15, 0.2) is 24.3 Å². The predicted molar refractivity (Wildman–Crippen MR) is 50.9 cm³/mol. The molecule has 0 spiro atoms. The molecule has 0 saturated heterocycles. The minimum atomic E-state index is 0.270. The highest BCUT2D eigenvalue weighted by molar-refractivity contribution is 5.82. The molecule has 0 fully saturated rings. The second-order valence-corrected chi connectivity index (χ2v) is 3.48. The smallest absolute Gasteiger partial charge is 0.140 e. The fourth-order valence-electron chi connectivity index (χ4n) is 1.57. The first-order valence-corrected chi connectivity index (χ1v) is 4.53. The molecule has 1 atom stereocenters. The van der Waals surface area contributed by atoms with E-state index in [1.807, 2.05) is 0 Å². The van der Waals surface area contributed by atoms with E-state index in [0.717, 1.165) is 19.3 Å². The van der Waals surface area contributed by atoms with Gasteiger partial charge in [0, 0.05) is 12.3 Å². The average Bonchev–Trinajstić information content (AvgIpc) is 2.06. The van der Waals surface area contributed by atoms with Crippen LogP contribution in [-0.4, -0.2) is 5.78 Å². The molecule has 0 heterocycles. The molecule has 0 aromatic heterocycles. The van der Waals surface area contributed by atoms with Gasteiger partial charge < -0.3 is 0 Å². The Balaban J connectivity index is 2.45. The van der Waals surface area contributed by atoms with Gasteiger partial charge in [0.05, 0.1) is 0 Å². The lowest BCUT2D eigenvalue weighted by molar-refractivity contribution is -0.122. The van der Waals surface area contributed by atoms with Gasteiger partial charge in [0.1, 0.15) is 5.78 Å². The topological polar surface area (TPSA) is 17.1 Å². The minimum absolute atomic E-state index is 0.270. The maximum absolute atomic E-state index is 11.4. The van der Waals surface area contributed by atoms with Crippen molar-refractivity contribution in [2.45, 2.75) is 32.6 Å². The first kappa shape index (κ1) is 9.24. The molecule has 1 rings (SSSR count). The van der Waals surface area contributed by atoms with Gasteiger partial charge in [-0.15, -0.1) is 6.58 Å². The third kappa shape index (κ3) is 2.33. The number of rotatable bonds is 3. The van der Waals surface area contributed by atoms with Gasteiger partial charge in [-0.1, -0.05) is 17.7 Å². The zero-order valence-electron chi connectivity index (χ0n) is 7.68. The Morgan fingerprint density at radius 2 is 2.58 bits per heavy atom. The van der Waals surface area contributed by atoms with Crippen LogP contribution in [0.1, 0.15) is 32.6 Å². The third-order valence-corrected chi connectivity index (χ3v) is 2.44. The van der Waals surface area contributed by atoms with Crippen molar-refractivity contribution in [1.29, 1.82) is 0 Å². The van der Waals surface area contributed by atoms with Gasteiger partial charge in [-0.2, -0.15) is 0 Å². The van der Waals surface area contributed by atoms with Crippen LogP contribution in [0.3, 0.4) is 0 Å². The summed E-state index contributed by atoms with van der Waals surface area (Å²) in [7, 11) is 0. The van der Waals surface area contributed by atoms with E-state index in [-0.39, 0.29) is 5.92 Å². The second-order valence-electron chi connectivity index (χ2n) is 3.48. The molecule has 0 amide bonds. The van der Waals surface area contributed by atoms with E-state index in [1.54, 1.807) is 6.08 Å². The Labute approximate surface area is 74.2 Å². The molecule has 1 heteroatoms. The molecule has 1 aliphatic rings. The number of allylic oxidation sites excluding steroid dienone is 3. The zero-order valence-corrected chi connectivity index (χ0v) is 7.68. The fourth-order valence-corrected chi connectivity index (χ4v) is 1.57. The molecule has 0 aromatic carbocycles. The van der Waals surface area contributed by atoms with Crippen molar-refractivity contribution in [3.63, 3.8) is 0 Å². The van der Waals surface area contributed by atoms with Crippen molar-refractivity contribution in [3.05, 3.63) is 24.3 Å². The normalized spacial score (nSPS) is 23.1. The molecule has 0 bridgehead atoms. The van der Waals surface area contributed by atoms with Gasteiger partial charge in [-0.05, 0) is 26.2 Å². The van der Waals surface area contributed by atoms with Crippen molar-refractivity contribution in [2.75, 3.05) is 0 Å². The average molecular weight is 164 g/mol. The lowest BCUT2D eigenvalue weighted by atomic mass is 9.86. The maximum Gasteiger partial charge on any atom is 0.140 e. The summed E-state index contributed by atoms with van der Waals surface area (Å²) in [5.41, 5.74) is 1.43. The first-order chi connectivity index (χ1) is 5.74. The summed E-state index contributed by atoms with van der Waals surface area (Å²) in [4.78, 5) is 11.4. The number of hydrogen-bond acceptors (Lipinski definition) is 1. The predicted octanol–water partition coefficient (Wildman–Crippen LogP) is 2.88. The van der Waals surface area contributed by atoms with Crippen LogP contribution in [0.4, 0.5) is 0 Å². The van der Waals surface area contributed by atoms with Gasteiger partial charge in [0.2, 0.25) is 0 Å². The quantitative estimate of drug-likeness (QED) is 0.586. The summed E-state index contributed by atoms with van der Waals surface area (Å²) in [6.45, 7) is 5.71. The van der Waals surface area contributed by atoms with Crippen LogP contribution in [-0.2, 0) is 4.79 Å². The number of hydrogen-bond donors (Lipinski definition) is 0. The van der Waals surface area contributed by atoms with Crippen molar-refractivity contribution in [2.24, 2.45) is 5.92 Å². The van der Waals surface area contributed by atoms with Crippen LogP contribution >= 0.6 is 0 Å². The van der Waals surface area contributed by atoms with Crippen LogP contribution in [0.25, 0.3) is 0 Å². The molecule has 0 aliphatic heterocycles. The summed E-state index contributed by atoms with van der Waals surface area (Å²) in [6.07, 6.45) is 7.50. The van der Waals surface area contributed by atoms with Gasteiger partial charge in [0.25, 0.3) is 0 Å². The number of carbonyl (C=O) groups excluding carboxylic acids is 1. The Kier molecular flexibility index (Phi) is 3.27. The Morgan fingerprint density at radius 3 is 3.08 bits per heavy atom. The Bertz CT molecular complexity index is 213. The minimum Gasteiger partial charge on any atom is -0.299 e. The van der Waals surface area contributed by atoms with E-state index in [2.05, 4.69) is 19.6 Å². The molecular formula is C11H16O. The molecule has 0 N–H and O–H groups in total. The molecule has 0 saturated carbocycles. The standard InChI is InChI=1S/C11H16O/c1-3-4-11(12)10-7-5-9(2)6-8-10/h3,5,10H,1,4,6-8H2,2H3. The molecule has 1 aliphatic carbocycles. The van der Waals surface area contributed by atoms with E-state index in [4.69, 9.17) is 0 Å². The summed E-state index contributed by atoms with van der Waals surface area (Å²) >= 11 is 0. The highest BCUT2D eigenvalue weighted by Gasteiger charge is 2.18. The number of carbonyl (C=O) groups is 1. The van der Waals surface area contributed by atoms with Gasteiger partial charge in [-0.3, -0.25) is 4.79 Å². The Hall–Kier alpha value is -0.850. The molecule has 0 radical (unpaired) electrons. The SMILES string of the molecule is C=CCC(=O)C1CC=C(C)CC1. The van der Waals surface area contributed by atoms with Gasteiger partial charge in [0.15, 0.2) is 0 Å². The molecule has 0 aromatic rings. The maximum atomic E-state index is 11.4. The largest absolute Gasteiger partial charge is 0.299 e. The summed E-state index contributed by atoms with van der Waals surface area (Å²) < 4.78 is 0. The molecule has 1 unspecified atom stereocenters. The van der Waals surface area contributed by atoms with Crippen molar-refractivity contribution in [3.8, 4) is 0 Å². The van der Waals surface area contributed by atoms with Crippen molar-refractivity contribution in [1.82, 2.24) is 0 Å². The second kappa shape index (κ2) is 4.24. The molecule has 1 nitrogen and oxygen atoms in total. The third-order valence-electron chi connectivity index (χ3n) is 2.44. The van der Waals surface area contributed by atoms with E-state index in [0.29, 0.717) is 12.2 Å². The lowest BCUT2D eigenvalue weighted by Crippen LogP contribution is -2.15. The van der Waals surface area contributed by atoms with E-state index in [1.165, 1.54) is 5.57 Å². The van der Waals surface area contributed by atoms with Crippen molar-refractivity contribution >= 4 is 5.78 Å². The fraction of sp³-hybridized carbons (Fsp3) is 0.545. The molecular weight excluding hydrogens is 148 g/mol. The Morgan fingerprint density at radius 1 is 1.83 bits per heavy atom. The number of ketones is 1. The van der Waals surface area contributed by atoms with Gasteiger partial charge >= 0.3 is 0 Å². The first-order valence-electron chi connectivity index (χ1n) is 4.53. The van der Waals surface area contributed by atoms with E-state index in [9.17, 15) is 4.79 Å². The summed E-state index contributed by atoms with van der Waals surface area (Å²) in [5.74, 6) is 0.625. The van der Waals surface area contributed by atoms with Gasteiger partial charge in [-0.25, -0.2) is 0 Å². The lowest BCUT2D eigenvalue weighted by Gasteiger charge is -2.18. The van der Waals surface area contributed by atoms with E-state index >= 15 is 0 Å². The molecule has 66 valence electrons. The van der Waals surface area contributed by atoms with Crippen LogP contribution in [0.5, 0.6) is 0 Å². The molecule has 12 heavy (non-hydrogen) atoms.